The fourth-order valence-electron chi connectivity index (χ4n) is 1.49. The second-order valence-corrected chi connectivity index (χ2v) is 5.75. The third-order valence-corrected chi connectivity index (χ3v) is 3.47. The first-order chi connectivity index (χ1) is 8.95. The second-order valence-electron chi connectivity index (χ2n) is 4.19. The summed E-state index contributed by atoms with van der Waals surface area (Å²) >= 11 is 0. The SMILES string of the molecule is CCCCOCCNc1ccc(S(N)(=O)=O)cc1N. The molecule has 108 valence electrons. The summed E-state index contributed by atoms with van der Waals surface area (Å²) in [6.07, 6.45) is 2.15. The summed E-state index contributed by atoms with van der Waals surface area (Å²) in [6, 6.07) is 4.36. The van der Waals surface area contributed by atoms with Gasteiger partial charge >= 0.3 is 0 Å². The van der Waals surface area contributed by atoms with E-state index >= 15 is 0 Å². The standard InChI is InChI=1S/C12H21N3O3S/c1-2-3-7-18-8-6-15-12-5-4-10(9-11(12)13)19(14,16)17/h4-5,9,15H,2-3,6-8,13H2,1H3,(H2,14,16,17). The van der Waals surface area contributed by atoms with Gasteiger partial charge in [-0.2, -0.15) is 0 Å². The van der Waals surface area contributed by atoms with Gasteiger partial charge in [-0.15, -0.1) is 0 Å². The smallest absolute Gasteiger partial charge is 0.238 e. The van der Waals surface area contributed by atoms with E-state index in [0.717, 1.165) is 19.4 Å². The highest BCUT2D eigenvalue weighted by molar-refractivity contribution is 7.89. The van der Waals surface area contributed by atoms with Gasteiger partial charge in [-0.25, -0.2) is 13.6 Å². The summed E-state index contributed by atoms with van der Waals surface area (Å²) in [7, 11) is -3.71. The Morgan fingerprint density at radius 3 is 2.63 bits per heavy atom. The number of unbranched alkanes of at least 4 members (excludes halogenated alkanes) is 1. The van der Waals surface area contributed by atoms with Crippen molar-refractivity contribution in [3.05, 3.63) is 18.2 Å². The number of hydrogen-bond acceptors (Lipinski definition) is 5. The largest absolute Gasteiger partial charge is 0.397 e. The van der Waals surface area contributed by atoms with Crippen LogP contribution in [0, 0.1) is 0 Å². The number of sulfonamides is 1. The summed E-state index contributed by atoms with van der Waals surface area (Å²) < 4.78 is 27.7. The Balaban J connectivity index is 2.47. The van der Waals surface area contributed by atoms with Crippen LogP contribution in [-0.2, 0) is 14.8 Å². The molecule has 0 atom stereocenters. The van der Waals surface area contributed by atoms with Crippen molar-refractivity contribution in [3.8, 4) is 0 Å². The molecule has 7 heteroatoms. The van der Waals surface area contributed by atoms with Crippen LogP contribution in [0.1, 0.15) is 19.8 Å². The predicted molar refractivity (Wildman–Crippen MR) is 76.4 cm³/mol. The molecule has 0 aromatic heterocycles. The highest BCUT2D eigenvalue weighted by Crippen LogP contribution is 2.21. The molecular formula is C12H21N3O3S. The lowest BCUT2D eigenvalue weighted by atomic mass is 10.2. The zero-order chi connectivity index (χ0) is 14.3. The summed E-state index contributed by atoms with van der Waals surface area (Å²) in [5, 5.41) is 8.10. The van der Waals surface area contributed by atoms with Crippen molar-refractivity contribution in [2.24, 2.45) is 5.14 Å². The molecule has 1 aromatic rings. The van der Waals surface area contributed by atoms with Gasteiger partial charge in [0.2, 0.25) is 10.0 Å². The van der Waals surface area contributed by atoms with Crippen LogP contribution in [0.15, 0.2) is 23.1 Å². The van der Waals surface area contributed by atoms with E-state index < -0.39 is 10.0 Å². The van der Waals surface area contributed by atoms with Crippen LogP contribution in [0.2, 0.25) is 0 Å². The maximum atomic E-state index is 11.1. The second kappa shape index (κ2) is 7.32. The summed E-state index contributed by atoms with van der Waals surface area (Å²) in [5.41, 5.74) is 6.78. The van der Waals surface area contributed by atoms with Crippen molar-refractivity contribution in [2.75, 3.05) is 30.8 Å². The van der Waals surface area contributed by atoms with E-state index in [-0.39, 0.29) is 4.90 Å². The third-order valence-electron chi connectivity index (χ3n) is 2.56. The summed E-state index contributed by atoms with van der Waals surface area (Å²) in [4.78, 5) is 0.00902. The van der Waals surface area contributed by atoms with Crippen molar-refractivity contribution in [1.82, 2.24) is 0 Å². The minimum absolute atomic E-state index is 0.00902. The molecule has 1 rings (SSSR count). The Bertz CT molecular complexity index is 503. The molecule has 0 saturated heterocycles. The number of hydrogen-bond donors (Lipinski definition) is 3. The van der Waals surface area contributed by atoms with E-state index in [1.807, 2.05) is 0 Å². The monoisotopic (exact) mass is 287 g/mol. The van der Waals surface area contributed by atoms with E-state index in [9.17, 15) is 8.42 Å². The zero-order valence-electron chi connectivity index (χ0n) is 11.1. The number of anilines is 2. The Kier molecular flexibility index (Phi) is 6.07. The molecule has 0 aliphatic rings. The number of primary sulfonamides is 1. The topological polar surface area (TPSA) is 107 Å². The number of benzene rings is 1. The Labute approximate surface area is 114 Å². The minimum Gasteiger partial charge on any atom is -0.397 e. The van der Waals surface area contributed by atoms with Crippen LogP contribution in [0.4, 0.5) is 11.4 Å². The molecule has 19 heavy (non-hydrogen) atoms. The fraction of sp³-hybridized carbons (Fsp3) is 0.500. The van der Waals surface area contributed by atoms with Crippen LogP contribution in [0.3, 0.4) is 0 Å². The first kappa shape index (κ1) is 15.7. The third kappa shape index (κ3) is 5.46. The summed E-state index contributed by atoms with van der Waals surface area (Å²) in [6.45, 7) is 4.05. The van der Waals surface area contributed by atoms with E-state index in [0.29, 0.717) is 24.5 Å². The Morgan fingerprint density at radius 1 is 1.32 bits per heavy atom. The number of nitrogens with one attached hydrogen (secondary N) is 1. The molecule has 0 saturated carbocycles. The highest BCUT2D eigenvalue weighted by Gasteiger charge is 2.09. The molecule has 0 spiro atoms. The zero-order valence-corrected chi connectivity index (χ0v) is 11.9. The Morgan fingerprint density at radius 2 is 2.05 bits per heavy atom. The van der Waals surface area contributed by atoms with Crippen molar-refractivity contribution < 1.29 is 13.2 Å². The van der Waals surface area contributed by atoms with Crippen molar-refractivity contribution >= 4 is 21.4 Å². The van der Waals surface area contributed by atoms with Crippen LogP contribution < -0.4 is 16.2 Å². The van der Waals surface area contributed by atoms with Gasteiger partial charge < -0.3 is 15.8 Å². The Hall–Kier alpha value is -1.31. The number of rotatable bonds is 8. The van der Waals surface area contributed by atoms with E-state index in [1.54, 1.807) is 6.07 Å². The van der Waals surface area contributed by atoms with E-state index in [4.69, 9.17) is 15.6 Å². The van der Waals surface area contributed by atoms with Gasteiger partial charge in [0, 0.05) is 13.2 Å². The quantitative estimate of drug-likeness (QED) is 0.491. The maximum absolute atomic E-state index is 11.1. The van der Waals surface area contributed by atoms with E-state index in [1.165, 1.54) is 12.1 Å². The molecule has 0 aliphatic heterocycles. The van der Waals surface area contributed by atoms with Crippen molar-refractivity contribution in [2.45, 2.75) is 24.7 Å². The lowest BCUT2D eigenvalue weighted by Gasteiger charge is -2.10. The van der Waals surface area contributed by atoms with Crippen LogP contribution >= 0.6 is 0 Å². The molecule has 0 amide bonds. The van der Waals surface area contributed by atoms with Gasteiger partial charge in [-0.05, 0) is 24.6 Å². The van der Waals surface area contributed by atoms with Crippen LogP contribution in [-0.4, -0.2) is 28.2 Å². The van der Waals surface area contributed by atoms with Gasteiger partial charge in [-0.3, -0.25) is 0 Å². The molecule has 0 bridgehead atoms. The minimum atomic E-state index is -3.71. The average Bonchev–Trinajstić information content (AvgIpc) is 2.34. The molecule has 6 nitrogen and oxygen atoms in total. The van der Waals surface area contributed by atoms with Gasteiger partial charge in [0.25, 0.3) is 0 Å². The number of ether oxygens (including phenoxy) is 1. The summed E-state index contributed by atoms with van der Waals surface area (Å²) in [5.74, 6) is 0. The van der Waals surface area contributed by atoms with Gasteiger partial charge in [0.1, 0.15) is 0 Å². The van der Waals surface area contributed by atoms with Crippen molar-refractivity contribution in [1.29, 1.82) is 0 Å². The molecule has 0 heterocycles. The normalized spacial score (nSPS) is 11.5. The number of nitrogens with two attached hydrogens (primary N) is 2. The lowest BCUT2D eigenvalue weighted by Crippen LogP contribution is -2.14. The highest BCUT2D eigenvalue weighted by atomic mass is 32.2. The molecule has 0 radical (unpaired) electrons. The number of nitrogen functional groups attached to an aromatic ring is 1. The lowest BCUT2D eigenvalue weighted by molar-refractivity contribution is 0.141. The first-order valence-electron chi connectivity index (χ1n) is 6.19. The van der Waals surface area contributed by atoms with Crippen molar-refractivity contribution in [3.63, 3.8) is 0 Å². The average molecular weight is 287 g/mol. The predicted octanol–water partition coefficient (Wildman–Crippen LogP) is 1.14. The van der Waals surface area contributed by atoms with Crippen LogP contribution in [0.25, 0.3) is 0 Å². The molecular weight excluding hydrogens is 266 g/mol. The first-order valence-corrected chi connectivity index (χ1v) is 7.73. The maximum Gasteiger partial charge on any atom is 0.238 e. The van der Waals surface area contributed by atoms with Gasteiger partial charge in [0.05, 0.1) is 22.9 Å². The van der Waals surface area contributed by atoms with Gasteiger partial charge in [-0.1, -0.05) is 13.3 Å². The fourth-order valence-corrected chi connectivity index (χ4v) is 2.03. The molecule has 0 fully saturated rings. The molecule has 1 aromatic carbocycles. The van der Waals surface area contributed by atoms with Crippen LogP contribution in [0.5, 0.6) is 0 Å². The molecule has 0 aliphatic carbocycles. The molecule has 5 N–H and O–H groups in total. The van der Waals surface area contributed by atoms with Gasteiger partial charge in [0.15, 0.2) is 0 Å². The van der Waals surface area contributed by atoms with E-state index in [2.05, 4.69) is 12.2 Å². The molecule has 0 unspecified atom stereocenters.